The van der Waals surface area contributed by atoms with Crippen LogP contribution >= 0.6 is 0 Å². The third kappa shape index (κ3) is 6.85. The number of fused-ring (bicyclic) bond motifs is 1. The van der Waals surface area contributed by atoms with Crippen molar-refractivity contribution in [3.8, 4) is 0 Å². The number of rotatable bonds is 13. The van der Waals surface area contributed by atoms with Crippen molar-refractivity contribution in [2.75, 3.05) is 7.05 Å². The molecule has 0 radical (unpaired) electrons. The molecule has 0 saturated heterocycles. The van der Waals surface area contributed by atoms with Gasteiger partial charge in [0.25, 0.3) is 0 Å². The van der Waals surface area contributed by atoms with E-state index in [4.69, 9.17) is 0 Å². The molecule has 5 heteroatoms. The van der Waals surface area contributed by atoms with Gasteiger partial charge in [-0.25, -0.2) is 4.48 Å². The second-order valence-electron chi connectivity index (χ2n) is 13.6. The van der Waals surface area contributed by atoms with Crippen LogP contribution in [0.3, 0.4) is 0 Å². The van der Waals surface area contributed by atoms with Gasteiger partial charge in [0.05, 0.1) is 18.1 Å². The Labute approximate surface area is 273 Å². The van der Waals surface area contributed by atoms with Crippen molar-refractivity contribution in [1.82, 2.24) is 8.88 Å². The summed E-state index contributed by atoms with van der Waals surface area (Å²) in [5.74, 6) is 0.319. The summed E-state index contributed by atoms with van der Waals surface area (Å²) in [7, 11) is 2.21. The van der Waals surface area contributed by atoms with Crippen LogP contribution < -0.4 is 4.48 Å². The summed E-state index contributed by atoms with van der Waals surface area (Å²) in [6.07, 6.45) is 5.22. The number of carbonyl (C=O) groups is 2. The Morgan fingerprint density at radius 3 is 1.89 bits per heavy atom. The number of aryl methyl sites for hydroxylation is 1. The van der Waals surface area contributed by atoms with Crippen LogP contribution in [0.25, 0.3) is 5.52 Å². The summed E-state index contributed by atoms with van der Waals surface area (Å²) in [5, 5.41) is 9.21. The Balaban J connectivity index is 1.59. The number of carbonyl (C=O) groups excluding carboxylic acids is 1. The number of nitrogens with zero attached hydrogens (tertiary/aromatic N) is 2. The number of ketones is 1. The van der Waals surface area contributed by atoms with E-state index < -0.39 is 5.97 Å². The second kappa shape index (κ2) is 13.9. The number of carboxylic acid groups (broad SMARTS) is 1. The lowest BCUT2D eigenvalue weighted by Gasteiger charge is -2.34. The maximum absolute atomic E-state index is 14.4. The minimum atomic E-state index is -0.808. The van der Waals surface area contributed by atoms with Gasteiger partial charge in [-0.2, -0.15) is 0 Å². The third-order valence-corrected chi connectivity index (χ3v) is 9.06. The Morgan fingerprint density at radius 2 is 1.35 bits per heavy atom. The van der Waals surface area contributed by atoms with Crippen LogP contribution in [0.5, 0.6) is 0 Å². The molecule has 0 aliphatic heterocycles. The predicted octanol–water partition coefficient (Wildman–Crippen LogP) is 9.88. The molecule has 1 N–H and O–H groups in total. The fourth-order valence-corrected chi connectivity index (χ4v) is 6.72. The van der Waals surface area contributed by atoms with Gasteiger partial charge in [0.1, 0.15) is 17.1 Å². The van der Waals surface area contributed by atoms with E-state index in [1.165, 1.54) is 11.1 Å². The van der Waals surface area contributed by atoms with Crippen molar-refractivity contribution in [3.05, 3.63) is 131 Å². The lowest BCUT2D eigenvalue weighted by Crippen LogP contribution is -2.34. The Kier molecular flexibility index (Phi) is 9.93. The summed E-state index contributed by atoms with van der Waals surface area (Å²) in [6.45, 7) is 10.9. The lowest BCUT2D eigenvalue weighted by molar-refractivity contribution is -0.137. The predicted molar refractivity (Wildman–Crippen MR) is 190 cm³/mol. The Morgan fingerprint density at radius 1 is 0.761 bits per heavy atom. The number of aliphatic carboxylic acids is 1. The average molecular weight is 616 g/mol. The molecule has 0 saturated carbocycles. The molecule has 5 aromatic rings. The van der Waals surface area contributed by atoms with Crippen LogP contribution in [0.2, 0.25) is 0 Å². The Hall–Kier alpha value is -4.48. The van der Waals surface area contributed by atoms with Crippen LogP contribution in [0.4, 0.5) is 17.1 Å². The molecule has 3 aromatic carbocycles. The summed E-state index contributed by atoms with van der Waals surface area (Å²) >= 11 is 0. The van der Waals surface area contributed by atoms with Gasteiger partial charge < -0.3 is 9.51 Å². The highest BCUT2D eigenvalue weighted by molar-refractivity contribution is 6.15. The van der Waals surface area contributed by atoms with Crippen molar-refractivity contribution < 1.29 is 14.7 Å². The number of aromatic nitrogens is 1. The van der Waals surface area contributed by atoms with E-state index in [9.17, 15) is 14.7 Å². The van der Waals surface area contributed by atoms with Gasteiger partial charge in [-0.1, -0.05) is 70.2 Å². The molecule has 2 aromatic heterocycles. The molecule has 0 aliphatic carbocycles. The van der Waals surface area contributed by atoms with Crippen LogP contribution in [0.1, 0.15) is 78.8 Å². The standard InChI is InChI=1S/C41H46N2O3/c1-28(2)25-31-16-20-34(21-17-31)43(6,35-22-18-32(19-23-35)26-29(3)4)36-12-9-11-33(27-36)41(46)40-30(5)37(14-10-15-39(44)45)42-24-8-7-13-38(40)42/h7-9,11-13,16-24,27-29H,10,14-15,25-26H2,1-6H3/p+1. The van der Waals surface area contributed by atoms with Gasteiger partial charge in [0.15, 0.2) is 5.78 Å². The molecular formula is C41H47N2O3+. The first-order valence-electron chi connectivity index (χ1n) is 16.5. The van der Waals surface area contributed by atoms with E-state index in [0.29, 0.717) is 40.3 Å². The van der Waals surface area contributed by atoms with Gasteiger partial charge in [0.2, 0.25) is 0 Å². The summed E-state index contributed by atoms with van der Waals surface area (Å²) < 4.78 is 2.47. The van der Waals surface area contributed by atoms with Crippen molar-refractivity contribution in [3.63, 3.8) is 0 Å². The highest BCUT2D eigenvalue weighted by Gasteiger charge is 2.33. The molecule has 0 fully saturated rings. The maximum Gasteiger partial charge on any atom is 0.303 e. The van der Waals surface area contributed by atoms with Crippen LogP contribution in [0, 0.1) is 18.8 Å². The summed E-state index contributed by atoms with van der Waals surface area (Å²) in [5.41, 5.74) is 9.93. The van der Waals surface area contributed by atoms with Crippen molar-refractivity contribution >= 4 is 34.3 Å². The first kappa shape index (κ1) is 32.9. The normalized spacial score (nSPS) is 11.9. The quantitative estimate of drug-likeness (QED) is 0.106. The van der Waals surface area contributed by atoms with Gasteiger partial charge in [-0.15, -0.1) is 0 Å². The molecular weight excluding hydrogens is 568 g/mol. The molecule has 2 heterocycles. The number of hydrogen-bond acceptors (Lipinski definition) is 2. The van der Waals surface area contributed by atoms with Gasteiger partial charge in [0, 0.05) is 60.3 Å². The number of hydrogen-bond donors (Lipinski definition) is 1. The summed E-state index contributed by atoms with van der Waals surface area (Å²) in [4.78, 5) is 25.6. The number of pyridine rings is 1. The molecule has 0 aliphatic rings. The van der Waals surface area contributed by atoms with E-state index >= 15 is 0 Å². The first-order valence-corrected chi connectivity index (χ1v) is 16.5. The SMILES string of the molecule is Cc1c(C(=O)c2cccc([N+](C)(c3ccc(CC(C)C)cc3)c3ccc(CC(C)C)cc3)c2)c2ccccn2c1CCCC(=O)O. The van der Waals surface area contributed by atoms with Crippen molar-refractivity contribution in [2.24, 2.45) is 11.8 Å². The fraction of sp³-hybridized carbons (Fsp3) is 0.317. The molecule has 0 spiro atoms. The lowest BCUT2D eigenvalue weighted by atomic mass is 9.97. The second-order valence-corrected chi connectivity index (χ2v) is 13.6. The van der Waals surface area contributed by atoms with E-state index in [2.05, 4.69) is 89.3 Å². The van der Waals surface area contributed by atoms with Crippen LogP contribution in [-0.4, -0.2) is 28.3 Å². The summed E-state index contributed by atoms with van der Waals surface area (Å²) in [6, 6.07) is 31.8. The average Bonchev–Trinajstić information content (AvgIpc) is 3.31. The molecule has 0 unspecified atom stereocenters. The van der Waals surface area contributed by atoms with Crippen molar-refractivity contribution in [2.45, 2.75) is 66.7 Å². The molecule has 238 valence electrons. The number of benzene rings is 3. The molecule has 46 heavy (non-hydrogen) atoms. The zero-order valence-electron chi connectivity index (χ0n) is 28.1. The minimum Gasteiger partial charge on any atom is -0.481 e. The van der Waals surface area contributed by atoms with Crippen LogP contribution in [-0.2, 0) is 24.1 Å². The molecule has 5 rings (SSSR count). The van der Waals surface area contributed by atoms with Gasteiger partial charge in [-0.3, -0.25) is 9.59 Å². The topological polar surface area (TPSA) is 58.8 Å². The van der Waals surface area contributed by atoms with E-state index in [1.807, 2.05) is 53.9 Å². The minimum absolute atomic E-state index is 0.0290. The number of quaternary nitrogens is 1. The first-order chi connectivity index (χ1) is 22.0. The third-order valence-electron chi connectivity index (χ3n) is 9.06. The largest absolute Gasteiger partial charge is 0.481 e. The van der Waals surface area contributed by atoms with Gasteiger partial charge >= 0.3 is 5.97 Å². The molecule has 0 bridgehead atoms. The smallest absolute Gasteiger partial charge is 0.303 e. The van der Waals surface area contributed by atoms with Crippen molar-refractivity contribution in [1.29, 1.82) is 0 Å². The fourth-order valence-electron chi connectivity index (χ4n) is 6.72. The van der Waals surface area contributed by atoms with E-state index in [-0.39, 0.29) is 12.2 Å². The zero-order chi connectivity index (χ0) is 33.0. The van der Waals surface area contributed by atoms with E-state index in [0.717, 1.165) is 46.7 Å². The maximum atomic E-state index is 14.4. The van der Waals surface area contributed by atoms with Gasteiger partial charge in [-0.05, 0) is 73.3 Å². The molecule has 0 amide bonds. The highest BCUT2D eigenvalue weighted by Crippen LogP contribution is 2.43. The molecule has 5 nitrogen and oxygen atoms in total. The molecule has 0 atom stereocenters. The van der Waals surface area contributed by atoms with Crippen LogP contribution in [0.15, 0.2) is 97.2 Å². The van der Waals surface area contributed by atoms with E-state index in [1.54, 1.807) is 0 Å². The number of carboxylic acids is 1. The Bertz CT molecular complexity index is 1780. The monoisotopic (exact) mass is 615 g/mol. The highest BCUT2D eigenvalue weighted by atomic mass is 16.4. The zero-order valence-corrected chi connectivity index (χ0v) is 28.1.